The second kappa shape index (κ2) is 6.38. The van der Waals surface area contributed by atoms with Gasteiger partial charge in [-0.25, -0.2) is 9.97 Å². The zero-order valence-corrected chi connectivity index (χ0v) is 13.2. The molecule has 1 N–H and O–H groups in total. The van der Waals surface area contributed by atoms with Crippen LogP contribution >= 0.6 is 34.4 Å². The van der Waals surface area contributed by atoms with Gasteiger partial charge in [0.15, 0.2) is 0 Å². The zero-order valence-electron chi connectivity index (χ0n) is 10.3. The van der Waals surface area contributed by atoms with Crippen LogP contribution < -0.4 is 5.32 Å². The summed E-state index contributed by atoms with van der Waals surface area (Å²) in [5, 5.41) is 3.11. The molecule has 2 aromatic rings. The first-order valence-corrected chi connectivity index (χ1v) is 7.65. The molecule has 0 bridgehead atoms. The van der Waals surface area contributed by atoms with Crippen molar-refractivity contribution in [1.29, 1.82) is 0 Å². The molecule has 0 saturated carbocycles. The number of hydrogen-bond acceptors (Lipinski definition) is 4. The molecule has 1 aromatic carbocycles. The lowest BCUT2D eigenvalue weighted by molar-refractivity contribution is 0.984. The minimum Gasteiger partial charge on any atom is -0.372 e. The molecule has 0 saturated heterocycles. The monoisotopic (exact) mass is 371 g/mol. The predicted octanol–water partition coefficient (Wildman–Crippen LogP) is 3.72. The van der Waals surface area contributed by atoms with Crippen LogP contribution in [0.25, 0.3) is 0 Å². The van der Waals surface area contributed by atoms with Gasteiger partial charge in [-0.3, -0.25) is 0 Å². The summed E-state index contributed by atoms with van der Waals surface area (Å²) >= 11 is 4.02. The number of nitrogens with one attached hydrogen (secondary N) is 1. The molecule has 0 amide bonds. The molecule has 0 aliphatic heterocycles. The van der Waals surface area contributed by atoms with E-state index in [9.17, 15) is 0 Å². The van der Waals surface area contributed by atoms with Crippen LogP contribution in [0.1, 0.15) is 11.5 Å². The normalized spacial score (nSPS) is 10.4. The third kappa shape index (κ3) is 3.35. The number of aryl methyl sites for hydroxylation is 1. The summed E-state index contributed by atoms with van der Waals surface area (Å²) in [7, 11) is 1.89. The summed E-state index contributed by atoms with van der Waals surface area (Å²) in [5.41, 5.74) is 1.03. The summed E-state index contributed by atoms with van der Waals surface area (Å²) in [4.78, 5) is 10.3. The average Bonchev–Trinajstić information content (AvgIpc) is 2.41. The molecule has 0 spiro atoms. The van der Waals surface area contributed by atoms with Gasteiger partial charge in [-0.15, -0.1) is 11.8 Å². The number of hydrogen-bond donors (Lipinski definition) is 1. The van der Waals surface area contributed by atoms with E-state index in [1.54, 1.807) is 11.8 Å². The molecular weight excluding hydrogens is 357 g/mol. The maximum absolute atomic E-state index is 4.52. The Morgan fingerprint density at radius 2 is 1.94 bits per heavy atom. The molecular formula is C13H14IN3S. The standard InChI is InChI=1S/C13H14IN3S/c1-9-12(14)13(15-2)17-11(16-9)8-18-10-6-4-3-5-7-10/h3-7H,8H2,1-2H3,(H,15,16,17). The molecule has 0 atom stereocenters. The van der Waals surface area contributed by atoms with E-state index in [1.807, 2.05) is 32.2 Å². The van der Waals surface area contributed by atoms with Crippen molar-refractivity contribution in [2.75, 3.05) is 12.4 Å². The number of halogens is 1. The highest BCUT2D eigenvalue weighted by Crippen LogP contribution is 2.23. The maximum atomic E-state index is 4.52. The van der Waals surface area contributed by atoms with Crippen LogP contribution in [0.3, 0.4) is 0 Å². The van der Waals surface area contributed by atoms with Crippen molar-refractivity contribution in [1.82, 2.24) is 9.97 Å². The average molecular weight is 371 g/mol. The van der Waals surface area contributed by atoms with E-state index >= 15 is 0 Å². The third-order valence-electron chi connectivity index (χ3n) is 2.41. The lowest BCUT2D eigenvalue weighted by atomic mass is 10.4. The first-order chi connectivity index (χ1) is 8.70. The molecule has 3 nitrogen and oxygen atoms in total. The Labute approximate surface area is 125 Å². The molecule has 94 valence electrons. The van der Waals surface area contributed by atoms with E-state index in [4.69, 9.17) is 0 Å². The summed E-state index contributed by atoms with van der Waals surface area (Å²) in [6.07, 6.45) is 0. The molecule has 0 aliphatic rings. The van der Waals surface area contributed by atoms with E-state index < -0.39 is 0 Å². The number of benzene rings is 1. The topological polar surface area (TPSA) is 37.8 Å². The van der Waals surface area contributed by atoms with Crippen LogP contribution in [0.15, 0.2) is 35.2 Å². The van der Waals surface area contributed by atoms with Crippen molar-refractivity contribution >= 4 is 40.2 Å². The fraction of sp³-hybridized carbons (Fsp3) is 0.231. The first kappa shape index (κ1) is 13.6. The highest BCUT2D eigenvalue weighted by Gasteiger charge is 2.08. The zero-order chi connectivity index (χ0) is 13.0. The second-order valence-electron chi connectivity index (χ2n) is 3.74. The number of thioether (sulfide) groups is 1. The van der Waals surface area contributed by atoms with E-state index in [0.717, 1.165) is 26.7 Å². The van der Waals surface area contributed by atoms with Gasteiger partial charge in [-0.1, -0.05) is 18.2 Å². The number of anilines is 1. The highest BCUT2D eigenvalue weighted by molar-refractivity contribution is 14.1. The summed E-state index contributed by atoms with van der Waals surface area (Å²) in [6.45, 7) is 2.01. The minimum absolute atomic E-state index is 0.788. The third-order valence-corrected chi connectivity index (χ3v) is 4.71. The van der Waals surface area contributed by atoms with E-state index in [-0.39, 0.29) is 0 Å². The van der Waals surface area contributed by atoms with Crippen LogP contribution in [0, 0.1) is 10.5 Å². The molecule has 18 heavy (non-hydrogen) atoms. The van der Waals surface area contributed by atoms with Crippen molar-refractivity contribution in [3.63, 3.8) is 0 Å². The van der Waals surface area contributed by atoms with Gasteiger partial charge < -0.3 is 5.32 Å². The van der Waals surface area contributed by atoms with Crippen molar-refractivity contribution in [2.45, 2.75) is 17.6 Å². The lowest BCUT2D eigenvalue weighted by Crippen LogP contribution is -2.04. The van der Waals surface area contributed by atoms with Gasteiger partial charge in [0.25, 0.3) is 0 Å². The molecule has 1 aromatic heterocycles. The SMILES string of the molecule is CNc1nc(CSc2ccccc2)nc(C)c1I. The van der Waals surface area contributed by atoms with Gasteiger partial charge in [0.05, 0.1) is 15.0 Å². The van der Waals surface area contributed by atoms with E-state index in [1.165, 1.54) is 4.90 Å². The second-order valence-corrected chi connectivity index (χ2v) is 5.87. The quantitative estimate of drug-likeness (QED) is 0.657. The maximum Gasteiger partial charge on any atom is 0.143 e. The van der Waals surface area contributed by atoms with Crippen molar-refractivity contribution < 1.29 is 0 Å². The lowest BCUT2D eigenvalue weighted by Gasteiger charge is -2.08. The first-order valence-electron chi connectivity index (χ1n) is 5.59. The Morgan fingerprint density at radius 3 is 2.61 bits per heavy atom. The summed E-state index contributed by atoms with van der Waals surface area (Å²) in [6, 6.07) is 10.3. The molecule has 0 fully saturated rings. The van der Waals surface area contributed by atoms with Gasteiger partial charge in [-0.2, -0.15) is 0 Å². The Kier molecular flexibility index (Phi) is 4.82. The number of rotatable bonds is 4. The Bertz CT molecular complexity index is 531. The molecule has 2 rings (SSSR count). The van der Waals surface area contributed by atoms with Gasteiger partial charge in [-0.05, 0) is 41.6 Å². The fourth-order valence-corrected chi connectivity index (χ4v) is 2.80. The van der Waals surface area contributed by atoms with Crippen LogP contribution in [0.4, 0.5) is 5.82 Å². The van der Waals surface area contributed by atoms with Crippen molar-refractivity contribution in [3.05, 3.63) is 45.4 Å². The Hall–Kier alpha value is -0.820. The number of nitrogens with zero attached hydrogens (tertiary/aromatic N) is 2. The predicted molar refractivity (Wildman–Crippen MR) is 85.0 cm³/mol. The van der Waals surface area contributed by atoms with E-state index in [0.29, 0.717) is 0 Å². The largest absolute Gasteiger partial charge is 0.372 e. The molecule has 0 unspecified atom stereocenters. The minimum atomic E-state index is 0.788. The summed E-state index contributed by atoms with van der Waals surface area (Å²) in [5.74, 6) is 2.56. The highest BCUT2D eigenvalue weighted by atomic mass is 127. The summed E-state index contributed by atoms with van der Waals surface area (Å²) < 4.78 is 1.09. The molecule has 1 heterocycles. The molecule has 0 radical (unpaired) electrons. The van der Waals surface area contributed by atoms with Gasteiger partial charge in [0.2, 0.25) is 0 Å². The van der Waals surface area contributed by atoms with Crippen molar-refractivity contribution in [2.24, 2.45) is 0 Å². The fourth-order valence-electron chi connectivity index (χ4n) is 1.51. The van der Waals surface area contributed by atoms with Gasteiger partial charge in [0.1, 0.15) is 11.6 Å². The smallest absolute Gasteiger partial charge is 0.143 e. The number of aromatic nitrogens is 2. The van der Waals surface area contributed by atoms with Crippen molar-refractivity contribution in [3.8, 4) is 0 Å². The Balaban J connectivity index is 2.13. The Morgan fingerprint density at radius 1 is 1.22 bits per heavy atom. The molecule has 0 aliphatic carbocycles. The van der Waals surface area contributed by atoms with Gasteiger partial charge in [0, 0.05) is 11.9 Å². The van der Waals surface area contributed by atoms with Crippen LogP contribution in [-0.2, 0) is 5.75 Å². The van der Waals surface area contributed by atoms with Crippen LogP contribution in [0.5, 0.6) is 0 Å². The molecule has 5 heteroatoms. The van der Waals surface area contributed by atoms with E-state index in [2.05, 4.69) is 50.0 Å². The van der Waals surface area contributed by atoms with Gasteiger partial charge >= 0.3 is 0 Å². The van der Waals surface area contributed by atoms with Crippen LogP contribution in [0.2, 0.25) is 0 Å². The van der Waals surface area contributed by atoms with Crippen LogP contribution in [-0.4, -0.2) is 17.0 Å².